The van der Waals surface area contributed by atoms with Crippen LogP contribution in [-0.4, -0.2) is 37.5 Å². The molecule has 1 aliphatic carbocycles. The highest BCUT2D eigenvalue weighted by Crippen LogP contribution is 2.39. The van der Waals surface area contributed by atoms with E-state index in [1.165, 1.54) is 25.7 Å². The smallest absolute Gasteiger partial charge is 0.193 e. The Morgan fingerprint density at radius 2 is 1.84 bits per heavy atom. The molecule has 0 radical (unpaired) electrons. The Bertz CT molecular complexity index is 301. The zero-order valence-electron chi connectivity index (χ0n) is 12.9. The number of nitrogens with zero attached hydrogens (tertiary/aromatic N) is 2. The minimum atomic E-state index is 0. The molecule has 0 saturated heterocycles. The molecule has 0 spiro atoms. The summed E-state index contributed by atoms with van der Waals surface area (Å²) in [6.45, 7) is 10.3. The number of rotatable bonds is 2. The van der Waals surface area contributed by atoms with Crippen LogP contribution in [-0.2, 0) is 0 Å². The van der Waals surface area contributed by atoms with E-state index in [0.717, 1.165) is 37.4 Å². The van der Waals surface area contributed by atoms with Crippen LogP contribution in [0.5, 0.6) is 0 Å². The van der Waals surface area contributed by atoms with Gasteiger partial charge < -0.3 is 10.2 Å². The Hall–Kier alpha value is 0. The van der Waals surface area contributed by atoms with Gasteiger partial charge in [-0.1, -0.05) is 20.8 Å². The van der Waals surface area contributed by atoms with Crippen LogP contribution >= 0.6 is 24.0 Å². The van der Waals surface area contributed by atoms with Gasteiger partial charge in [0.1, 0.15) is 0 Å². The van der Waals surface area contributed by atoms with Crippen molar-refractivity contribution in [3.8, 4) is 0 Å². The van der Waals surface area contributed by atoms with E-state index in [0.29, 0.717) is 5.41 Å². The molecule has 1 aliphatic heterocycles. The Balaban J connectivity index is 0.00000180. The first-order valence-corrected chi connectivity index (χ1v) is 7.46. The van der Waals surface area contributed by atoms with Gasteiger partial charge in [-0.15, -0.1) is 24.0 Å². The number of nitrogens with one attached hydrogen (secondary N) is 1. The second kappa shape index (κ2) is 7.14. The topological polar surface area (TPSA) is 27.6 Å². The molecule has 2 aliphatic rings. The molecular weight excluding hydrogens is 349 g/mol. The van der Waals surface area contributed by atoms with Crippen molar-refractivity contribution in [3.05, 3.63) is 0 Å². The normalized spacial score (nSPS) is 27.8. The van der Waals surface area contributed by atoms with Crippen molar-refractivity contribution in [2.24, 2.45) is 22.2 Å². The van der Waals surface area contributed by atoms with Crippen molar-refractivity contribution in [3.63, 3.8) is 0 Å². The fourth-order valence-corrected chi connectivity index (χ4v) is 3.19. The molecule has 2 rings (SSSR count). The van der Waals surface area contributed by atoms with E-state index in [1.54, 1.807) is 0 Å². The first-order chi connectivity index (χ1) is 8.47. The lowest BCUT2D eigenvalue weighted by atomic mass is 9.70. The van der Waals surface area contributed by atoms with Gasteiger partial charge in [0.25, 0.3) is 0 Å². The monoisotopic (exact) mass is 379 g/mol. The van der Waals surface area contributed by atoms with Crippen LogP contribution in [0.2, 0.25) is 0 Å². The van der Waals surface area contributed by atoms with Gasteiger partial charge >= 0.3 is 0 Å². The van der Waals surface area contributed by atoms with Crippen molar-refractivity contribution in [1.82, 2.24) is 10.2 Å². The number of likely N-dealkylation sites (N-methyl/N-ethyl adjacent to an activating group) is 1. The van der Waals surface area contributed by atoms with Crippen LogP contribution in [0.4, 0.5) is 0 Å². The van der Waals surface area contributed by atoms with Crippen LogP contribution in [0, 0.1) is 17.3 Å². The van der Waals surface area contributed by atoms with E-state index >= 15 is 0 Å². The van der Waals surface area contributed by atoms with Gasteiger partial charge in [0, 0.05) is 20.1 Å². The summed E-state index contributed by atoms with van der Waals surface area (Å²) in [5.41, 5.74) is 0.494. The number of hydrogen-bond acceptors (Lipinski definition) is 3. The van der Waals surface area contributed by atoms with Crippen LogP contribution in [0.15, 0.2) is 4.99 Å². The predicted octanol–water partition coefficient (Wildman–Crippen LogP) is 3.35. The van der Waals surface area contributed by atoms with E-state index in [1.807, 2.05) is 0 Å². The van der Waals surface area contributed by atoms with Crippen molar-refractivity contribution in [2.45, 2.75) is 46.5 Å². The molecule has 0 aromatic heterocycles. The van der Waals surface area contributed by atoms with Gasteiger partial charge in [0.2, 0.25) is 0 Å². The number of aliphatic imine (C=N–C) groups is 1. The maximum absolute atomic E-state index is 4.49. The fourth-order valence-electron chi connectivity index (χ4n) is 3.19. The minimum Gasteiger partial charge on any atom is -0.356 e. The average molecular weight is 379 g/mol. The molecule has 0 bridgehead atoms. The summed E-state index contributed by atoms with van der Waals surface area (Å²) in [6.07, 6.45) is 5.56. The third kappa shape index (κ3) is 4.80. The molecule has 4 heteroatoms. The molecule has 1 fully saturated rings. The molecule has 3 nitrogen and oxygen atoms in total. The Morgan fingerprint density at radius 3 is 2.32 bits per heavy atom. The van der Waals surface area contributed by atoms with Crippen molar-refractivity contribution < 1.29 is 0 Å². The van der Waals surface area contributed by atoms with E-state index in [-0.39, 0.29) is 24.0 Å². The predicted molar refractivity (Wildman–Crippen MR) is 93.3 cm³/mol. The molecule has 19 heavy (non-hydrogen) atoms. The molecule has 112 valence electrons. The largest absolute Gasteiger partial charge is 0.356 e. The lowest BCUT2D eigenvalue weighted by Gasteiger charge is -2.37. The first kappa shape index (κ1) is 17.1. The van der Waals surface area contributed by atoms with Crippen molar-refractivity contribution in [2.75, 3.05) is 26.7 Å². The Labute approximate surface area is 135 Å². The van der Waals surface area contributed by atoms with Gasteiger partial charge in [0.05, 0.1) is 6.54 Å². The minimum absolute atomic E-state index is 0. The SMILES string of the molecule is CN1CCN=C1NCC1CCC(C(C)(C)C)CC1.I. The molecule has 0 atom stereocenters. The Morgan fingerprint density at radius 1 is 1.21 bits per heavy atom. The van der Waals surface area contributed by atoms with E-state index in [9.17, 15) is 0 Å². The molecule has 1 saturated carbocycles. The summed E-state index contributed by atoms with van der Waals surface area (Å²) in [6, 6.07) is 0. The highest BCUT2D eigenvalue weighted by Gasteiger charge is 2.29. The zero-order chi connectivity index (χ0) is 13.2. The molecule has 1 heterocycles. The second-order valence-electron chi connectivity index (χ2n) is 7.09. The number of halogens is 1. The molecule has 1 N–H and O–H groups in total. The summed E-state index contributed by atoms with van der Waals surface area (Å²) in [5.74, 6) is 2.87. The number of hydrogen-bond donors (Lipinski definition) is 1. The van der Waals surface area contributed by atoms with Crippen LogP contribution in [0.1, 0.15) is 46.5 Å². The van der Waals surface area contributed by atoms with Crippen LogP contribution < -0.4 is 5.32 Å². The molecule has 0 amide bonds. The lowest BCUT2D eigenvalue weighted by Crippen LogP contribution is -2.39. The third-order valence-electron chi connectivity index (χ3n) is 4.68. The van der Waals surface area contributed by atoms with Gasteiger partial charge in [0.15, 0.2) is 5.96 Å². The molecule has 0 unspecified atom stereocenters. The lowest BCUT2D eigenvalue weighted by molar-refractivity contribution is 0.150. The third-order valence-corrected chi connectivity index (χ3v) is 4.68. The molecule has 0 aromatic carbocycles. The fraction of sp³-hybridized carbons (Fsp3) is 0.933. The summed E-state index contributed by atoms with van der Waals surface area (Å²) < 4.78 is 0. The number of guanidine groups is 1. The highest BCUT2D eigenvalue weighted by molar-refractivity contribution is 14.0. The first-order valence-electron chi connectivity index (χ1n) is 7.46. The van der Waals surface area contributed by atoms with Crippen molar-refractivity contribution >= 4 is 29.9 Å². The van der Waals surface area contributed by atoms with Crippen molar-refractivity contribution in [1.29, 1.82) is 0 Å². The van der Waals surface area contributed by atoms with E-state index in [4.69, 9.17) is 0 Å². The van der Waals surface area contributed by atoms with Crippen LogP contribution in [0.25, 0.3) is 0 Å². The van der Waals surface area contributed by atoms with Crippen LogP contribution in [0.3, 0.4) is 0 Å². The average Bonchev–Trinajstić information content (AvgIpc) is 2.72. The maximum Gasteiger partial charge on any atom is 0.193 e. The van der Waals surface area contributed by atoms with Gasteiger partial charge in [-0.3, -0.25) is 4.99 Å². The quantitative estimate of drug-likeness (QED) is 0.746. The summed E-state index contributed by atoms with van der Waals surface area (Å²) >= 11 is 0. The summed E-state index contributed by atoms with van der Waals surface area (Å²) in [5, 5.41) is 3.53. The standard InChI is InChI=1S/C15H29N3.HI/c1-15(2,3)13-7-5-12(6-8-13)11-17-14-16-9-10-18(14)4;/h12-13H,5-11H2,1-4H3,(H,16,17);1H. The van der Waals surface area contributed by atoms with Gasteiger partial charge in [-0.05, 0) is 42.9 Å². The highest BCUT2D eigenvalue weighted by atomic mass is 127. The van der Waals surface area contributed by atoms with Gasteiger partial charge in [-0.25, -0.2) is 0 Å². The molecular formula is C15H30IN3. The zero-order valence-corrected chi connectivity index (χ0v) is 15.2. The maximum atomic E-state index is 4.49. The van der Waals surface area contributed by atoms with Gasteiger partial charge in [-0.2, -0.15) is 0 Å². The summed E-state index contributed by atoms with van der Waals surface area (Å²) in [4.78, 5) is 6.71. The van der Waals surface area contributed by atoms with E-state index in [2.05, 4.69) is 43.0 Å². The molecule has 0 aromatic rings. The summed E-state index contributed by atoms with van der Waals surface area (Å²) in [7, 11) is 2.12. The Kier molecular flexibility index (Phi) is 6.40. The second-order valence-corrected chi connectivity index (χ2v) is 7.09. The van der Waals surface area contributed by atoms with E-state index < -0.39 is 0 Å².